The van der Waals surface area contributed by atoms with Gasteiger partial charge in [-0.25, -0.2) is 4.98 Å². The van der Waals surface area contributed by atoms with Crippen molar-refractivity contribution in [2.75, 3.05) is 24.3 Å². The molecule has 1 aromatic heterocycles. The molecule has 1 aromatic carbocycles. The van der Waals surface area contributed by atoms with Crippen LogP contribution in [0.1, 0.15) is 12.5 Å². The Morgan fingerprint density at radius 2 is 2.11 bits per heavy atom. The Kier molecular flexibility index (Phi) is 4.23. The van der Waals surface area contributed by atoms with E-state index in [1.54, 1.807) is 13.3 Å². The first-order valence-electron chi connectivity index (χ1n) is 6.32. The largest absolute Gasteiger partial charge is 0.495 e. The minimum absolute atomic E-state index is 0.767. The zero-order chi connectivity index (χ0) is 13.7. The molecule has 0 saturated carbocycles. The van der Waals surface area contributed by atoms with Gasteiger partial charge >= 0.3 is 0 Å². The van der Waals surface area contributed by atoms with E-state index in [9.17, 15) is 0 Å². The van der Waals surface area contributed by atoms with E-state index in [1.165, 1.54) is 5.56 Å². The summed E-state index contributed by atoms with van der Waals surface area (Å²) in [5.41, 5.74) is 7.77. The summed E-state index contributed by atoms with van der Waals surface area (Å²) in [6.07, 6.45) is 1.73. The molecule has 1 heterocycles. The molecule has 100 valence electrons. The normalized spacial score (nSPS) is 10.2. The van der Waals surface area contributed by atoms with Crippen molar-refractivity contribution in [3.05, 3.63) is 48.2 Å². The highest BCUT2D eigenvalue weighted by atomic mass is 16.5. The number of rotatable bonds is 5. The highest BCUT2D eigenvalue weighted by Gasteiger charge is 2.07. The highest BCUT2D eigenvalue weighted by molar-refractivity contribution is 5.45. The molecule has 4 heteroatoms. The Bertz CT molecular complexity index is 525. The van der Waals surface area contributed by atoms with Crippen molar-refractivity contribution in [3.8, 4) is 5.75 Å². The minimum atomic E-state index is 0.767. The standard InChI is InChI=1S/C15H19N3O/c1-3-18(11-12-5-4-6-13(16)9-12)15-8-7-14(19-2)10-17-15/h4-10H,3,11,16H2,1-2H3. The van der Waals surface area contributed by atoms with Gasteiger partial charge < -0.3 is 15.4 Å². The van der Waals surface area contributed by atoms with Gasteiger partial charge in [-0.2, -0.15) is 0 Å². The second-order valence-corrected chi connectivity index (χ2v) is 4.32. The van der Waals surface area contributed by atoms with Gasteiger partial charge in [-0.05, 0) is 36.8 Å². The van der Waals surface area contributed by atoms with Crippen LogP contribution in [0.5, 0.6) is 5.75 Å². The third-order valence-corrected chi connectivity index (χ3v) is 2.99. The quantitative estimate of drug-likeness (QED) is 0.837. The van der Waals surface area contributed by atoms with Crippen molar-refractivity contribution in [3.63, 3.8) is 0 Å². The summed E-state index contributed by atoms with van der Waals surface area (Å²) in [7, 11) is 1.64. The lowest BCUT2D eigenvalue weighted by molar-refractivity contribution is 0.413. The molecule has 4 nitrogen and oxygen atoms in total. The summed E-state index contributed by atoms with van der Waals surface area (Å²) in [6, 6.07) is 11.8. The number of pyridine rings is 1. The number of methoxy groups -OCH3 is 1. The number of benzene rings is 1. The van der Waals surface area contributed by atoms with Crippen LogP contribution in [-0.4, -0.2) is 18.6 Å². The zero-order valence-corrected chi connectivity index (χ0v) is 11.3. The SMILES string of the molecule is CCN(Cc1cccc(N)c1)c1ccc(OC)cn1. The molecule has 0 atom stereocenters. The fraction of sp³-hybridized carbons (Fsp3) is 0.267. The lowest BCUT2D eigenvalue weighted by Crippen LogP contribution is -2.23. The van der Waals surface area contributed by atoms with Gasteiger partial charge in [-0.1, -0.05) is 12.1 Å². The van der Waals surface area contributed by atoms with Gasteiger partial charge in [-0.15, -0.1) is 0 Å². The second kappa shape index (κ2) is 6.09. The molecule has 0 radical (unpaired) electrons. The third-order valence-electron chi connectivity index (χ3n) is 2.99. The minimum Gasteiger partial charge on any atom is -0.495 e. The predicted molar refractivity (Wildman–Crippen MR) is 78.4 cm³/mol. The third kappa shape index (κ3) is 3.37. The maximum Gasteiger partial charge on any atom is 0.137 e. The Morgan fingerprint density at radius 1 is 1.26 bits per heavy atom. The van der Waals surface area contributed by atoms with Crippen LogP contribution >= 0.6 is 0 Å². The van der Waals surface area contributed by atoms with E-state index < -0.39 is 0 Å². The Morgan fingerprint density at radius 3 is 2.68 bits per heavy atom. The summed E-state index contributed by atoms with van der Waals surface area (Å²) < 4.78 is 5.12. The number of nitrogen functional groups attached to an aromatic ring is 1. The monoisotopic (exact) mass is 257 g/mol. The number of ether oxygens (including phenoxy) is 1. The fourth-order valence-electron chi connectivity index (χ4n) is 1.95. The summed E-state index contributed by atoms with van der Waals surface area (Å²) >= 11 is 0. The molecule has 0 aliphatic rings. The van der Waals surface area contributed by atoms with Gasteiger partial charge in [0, 0.05) is 18.8 Å². The Hall–Kier alpha value is -2.23. The molecule has 0 fully saturated rings. The van der Waals surface area contributed by atoms with Crippen LogP contribution in [0.15, 0.2) is 42.6 Å². The molecule has 0 spiro atoms. The van der Waals surface area contributed by atoms with Crippen LogP contribution in [0.4, 0.5) is 11.5 Å². The Balaban J connectivity index is 2.15. The van der Waals surface area contributed by atoms with Crippen molar-refractivity contribution < 1.29 is 4.74 Å². The van der Waals surface area contributed by atoms with E-state index in [0.717, 1.165) is 30.3 Å². The maximum absolute atomic E-state index is 5.80. The van der Waals surface area contributed by atoms with Crippen LogP contribution < -0.4 is 15.4 Å². The van der Waals surface area contributed by atoms with Gasteiger partial charge in [0.25, 0.3) is 0 Å². The van der Waals surface area contributed by atoms with E-state index in [4.69, 9.17) is 10.5 Å². The van der Waals surface area contributed by atoms with Crippen molar-refractivity contribution >= 4 is 11.5 Å². The van der Waals surface area contributed by atoms with Crippen molar-refractivity contribution in [2.45, 2.75) is 13.5 Å². The summed E-state index contributed by atoms with van der Waals surface area (Å²) in [6.45, 7) is 3.78. The Labute approximate surface area is 113 Å². The number of hydrogen-bond acceptors (Lipinski definition) is 4. The van der Waals surface area contributed by atoms with Gasteiger partial charge in [0.2, 0.25) is 0 Å². The van der Waals surface area contributed by atoms with Crippen molar-refractivity contribution in [1.29, 1.82) is 0 Å². The van der Waals surface area contributed by atoms with Crippen LogP contribution in [0.3, 0.4) is 0 Å². The predicted octanol–water partition coefficient (Wildman–Crippen LogP) is 2.70. The van der Waals surface area contributed by atoms with Gasteiger partial charge in [0.15, 0.2) is 0 Å². The molecular weight excluding hydrogens is 238 g/mol. The molecule has 0 amide bonds. The maximum atomic E-state index is 5.80. The molecule has 0 aliphatic carbocycles. The first kappa shape index (κ1) is 13.2. The van der Waals surface area contributed by atoms with Crippen LogP contribution in [0.25, 0.3) is 0 Å². The van der Waals surface area contributed by atoms with Crippen molar-refractivity contribution in [2.24, 2.45) is 0 Å². The highest BCUT2D eigenvalue weighted by Crippen LogP contribution is 2.18. The van der Waals surface area contributed by atoms with Crippen LogP contribution in [0, 0.1) is 0 Å². The first-order chi connectivity index (χ1) is 9.22. The smallest absolute Gasteiger partial charge is 0.137 e. The summed E-state index contributed by atoms with van der Waals surface area (Å²) in [4.78, 5) is 6.60. The van der Waals surface area contributed by atoms with Gasteiger partial charge in [0.05, 0.1) is 13.3 Å². The second-order valence-electron chi connectivity index (χ2n) is 4.32. The molecule has 2 rings (SSSR count). The fourth-order valence-corrected chi connectivity index (χ4v) is 1.95. The number of nitrogens with zero attached hydrogens (tertiary/aromatic N) is 2. The molecule has 0 unspecified atom stereocenters. The van der Waals surface area contributed by atoms with Crippen LogP contribution in [0.2, 0.25) is 0 Å². The summed E-state index contributed by atoms with van der Waals surface area (Å²) in [5, 5.41) is 0. The molecule has 2 aromatic rings. The van der Waals surface area contributed by atoms with E-state index in [0.29, 0.717) is 0 Å². The lowest BCUT2D eigenvalue weighted by atomic mass is 10.2. The average molecular weight is 257 g/mol. The zero-order valence-electron chi connectivity index (χ0n) is 11.3. The molecular formula is C15H19N3O. The van der Waals surface area contributed by atoms with Gasteiger partial charge in [0.1, 0.15) is 11.6 Å². The molecule has 19 heavy (non-hydrogen) atoms. The van der Waals surface area contributed by atoms with Gasteiger partial charge in [-0.3, -0.25) is 0 Å². The summed E-state index contributed by atoms with van der Waals surface area (Å²) in [5.74, 6) is 1.70. The number of aromatic nitrogens is 1. The number of nitrogens with two attached hydrogens (primary N) is 1. The molecule has 0 saturated heterocycles. The lowest BCUT2D eigenvalue weighted by Gasteiger charge is -2.22. The van der Waals surface area contributed by atoms with Crippen LogP contribution in [-0.2, 0) is 6.54 Å². The first-order valence-corrected chi connectivity index (χ1v) is 6.32. The number of hydrogen-bond donors (Lipinski definition) is 1. The molecule has 0 bridgehead atoms. The topological polar surface area (TPSA) is 51.4 Å². The van der Waals surface area contributed by atoms with E-state index in [1.807, 2.05) is 30.3 Å². The molecule has 2 N–H and O–H groups in total. The van der Waals surface area contributed by atoms with E-state index in [2.05, 4.69) is 22.9 Å². The average Bonchev–Trinajstić information content (AvgIpc) is 2.45. The van der Waals surface area contributed by atoms with Crippen molar-refractivity contribution in [1.82, 2.24) is 4.98 Å². The molecule has 0 aliphatic heterocycles. The number of anilines is 2. The van der Waals surface area contributed by atoms with E-state index >= 15 is 0 Å². The van der Waals surface area contributed by atoms with E-state index in [-0.39, 0.29) is 0 Å².